The van der Waals surface area contributed by atoms with Gasteiger partial charge in [0, 0.05) is 18.1 Å². The Morgan fingerprint density at radius 2 is 2.13 bits per heavy atom. The molecule has 0 aromatic heterocycles. The number of rotatable bonds is 1. The lowest BCUT2D eigenvalue weighted by Crippen LogP contribution is -2.42. The average Bonchev–Trinajstić information content (AvgIpc) is 2.58. The number of hydrogen-bond acceptors (Lipinski definition) is 3. The molecule has 1 N–H and O–H groups in total. The molecule has 3 nitrogen and oxygen atoms in total. The third kappa shape index (κ3) is 2.23. The van der Waals surface area contributed by atoms with Crippen LogP contribution in [0.3, 0.4) is 0 Å². The number of Topliss-reactive ketones (excluding diaryl/α,β-unsaturated/α-hetero) is 1. The minimum absolute atomic E-state index is 0.0121. The van der Waals surface area contributed by atoms with E-state index in [4.69, 9.17) is 4.74 Å². The van der Waals surface area contributed by atoms with E-state index in [1.165, 1.54) is 0 Å². The molecule has 3 unspecified atom stereocenters. The Morgan fingerprint density at radius 3 is 2.73 bits per heavy atom. The van der Waals surface area contributed by atoms with Gasteiger partial charge in [0.15, 0.2) is 5.78 Å². The van der Waals surface area contributed by atoms with E-state index >= 15 is 0 Å². The van der Waals surface area contributed by atoms with E-state index in [9.17, 15) is 4.79 Å². The summed E-state index contributed by atoms with van der Waals surface area (Å²) < 4.78 is 5.68. The van der Waals surface area contributed by atoms with E-state index < -0.39 is 0 Å². The first kappa shape index (κ1) is 11.1. The molecule has 0 saturated carbocycles. The number of ether oxygens (including phenoxy) is 1. The second kappa shape index (κ2) is 3.87. The topological polar surface area (TPSA) is 38.3 Å². The zero-order valence-electron chi connectivity index (χ0n) is 9.88. The van der Waals surface area contributed by atoms with Gasteiger partial charge in [0.2, 0.25) is 0 Å². The molecule has 2 heterocycles. The maximum Gasteiger partial charge on any atom is 0.155 e. The van der Waals surface area contributed by atoms with Crippen LogP contribution in [0.15, 0.2) is 0 Å². The van der Waals surface area contributed by atoms with Crippen molar-refractivity contribution in [2.75, 3.05) is 6.61 Å². The number of carbonyl (C=O) groups excluding carboxylic acids is 1. The van der Waals surface area contributed by atoms with Crippen molar-refractivity contribution in [2.24, 2.45) is 5.41 Å². The first-order chi connectivity index (χ1) is 6.98. The van der Waals surface area contributed by atoms with Crippen molar-refractivity contribution in [3.63, 3.8) is 0 Å². The first-order valence-electron chi connectivity index (χ1n) is 5.90. The van der Waals surface area contributed by atoms with Crippen molar-refractivity contribution in [1.29, 1.82) is 0 Å². The predicted molar refractivity (Wildman–Crippen MR) is 58.8 cm³/mol. The van der Waals surface area contributed by atoms with Crippen LogP contribution < -0.4 is 5.32 Å². The molecule has 0 spiro atoms. The van der Waals surface area contributed by atoms with E-state index in [1.807, 2.05) is 20.8 Å². The molecule has 2 rings (SSSR count). The molecular formula is C12H21NO2. The minimum atomic E-state index is -0.245. The van der Waals surface area contributed by atoms with Gasteiger partial charge in [0.1, 0.15) is 0 Å². The number of carbonyl (C=O) groups is 1. The van der Waals surface area contributed by atoms with Crippen LogP contribution >= 0.6 is 0 Å². The molecule has 0 aliphatic carbocycles. The van der Waals surface area contributed by atoms with E-state index in [2.05, 4.69) is 5.32 Å². The van der Waals surface area contributed by atoms with Gasteiger partial charge in [-0.15, -0.1) is 0 Å². The molecule has 2 aliphatic rings. The Morgan fingerprint density at radius 1 is 1.40 bits per heavy atom. The predicted octanol–water partition coefficient (Wildman–Crippen LogP) is 1.51. The molecule has 0 aromatic carbocycles. The Balaban J connectivity index is 2.00. The summed E-state index contributed by atoms with van der Waals surface area (Å²) in [7, 11) is 0. The summed E-state index contributed by atoms with van der Waals surface area (Å²) in [5.41, 5.74) is -0.245. The van der Waals surface area contributed by atoms with Crippen molar-refractivity contribution < 1.29 is 9.53 Å². The van der Waals surface area contributed by atoms with Crippen LogP contribution in [0.2, 0.25) is 0 Å². The lowest BCUT2D eigenvalue weighted by molar-refractivity contribution is -0.128. The zero-order valence-corrected chi connectivity index (χ0v) is 9.88. The summed E-state index contributed by atoms with van der Waals surface area (Å²) in [5, 5.41) is 3.42. The molecule has 0 bridgehead atoms. The van der Waals surface area contributed by atoms with Crippen molar-refractivity contribution in [3.8, 4) is 0 Å². The van der Waals surface area contributed by atoms with Gasteiger partial charge in [0.05, 0.1) is 12.1 Å². The fraction of sp³-hybridized carbons (Fsp3) is 0.917. The quantitative estimate of drug-likeness (QED) is 0.714. The SMILES string of the molecule is CC(C)(C)C(=O)C1CC2OCCCC2N1. The molecule has 3 atom stereocenters. The van der Waals surface area contributed by atoms with Crippen LogP contribution in [0.5, 0.6) is 0 Å². The summed E-state index contributed by atoms with van der Waals surface area (Å²) >= 11 is 0. The Kier molecular flexibility index (Phi) is 2.86. The summed E-state index contributed by atoms with van der Waals surface area (Å²) in [6.45, 7) is 6.82. The maximum absolute atomic E-state index is 12.1. The van der Waals surface area contributed by atoms with Gasteiger partial charge in [-0.2, -0.15) is 0 Å². The van der Waals surface area contributed by atoms with Gasteiger partial charge in [-0.3, -0.25) is 4.79 Å². The molecule has 0 aromatic rings. The lowest BCUT2D eigenvalue weighted by Gasteiger charge is -2.25. The number of hydrogen-bond donors (Lipinski definition) is 1. The molecule has 0 radical (unpaired) electrons. The van der Waals surface area contributed by atoms with Crippen LogP contribution in [0.4, 0.5) is 0 Å². The standard InChI is InChI=1S/C12H21NO2/c1-12(2,3)11(14)9-7-10-8(13-9)5-4-6-15-10/h8-10,13H,4-7H2,1-3H3. The van der Waals surface area contributed by atoms with E-state index in [-0.39, 0.29) is 17.6 Å². The van der Waals surface area contributed by atoms with Gasteiger partial charge in [-0.05, 0) is 19.3 Å². The van der Waals surface area contributed by atoms with Crippen molar-refractivity contribution >= 4 is 5.78 Å². The molecule has 2 saturated heterocycles. The molecule has 2 fully saturated rings. The second-order valence-corrected chi connectivity index (χ2v) is 5.73. The van der Waals surface area contributed by atoms with Gasteiger partial charge in [-0.25, -0.2) is 0 Å². The molecular weight excluding hydrogens is 190 g/mol. The highest BCUT2D eigenvalue weighted by molar-refractivity contribution is 5.89. The van der Waals surface area contributed by atoms with Crippen LogP contribution in [-0.2, 0) is 9.53 Å². The third-order valence-electron chi connectivity index (χ3n) is 3.38. The van der Waals surface area contributed by atoms with Gasteiger partial charge in [0.25, 0.3) is 0 Å². The summed E-state index contributed by atoms with van der Waals surface area (Å²) in [6, 6.07) is 0.424. The second-order valence-electron chi connectivity index (χ2n) is 5.73. The summed E-state index contributed by atoms with van der Waals surface area (Å²) in [4.78, 5) is 12.1. The first-order valence-corrected chi connectivity index (χ1v) is 5.90. The molecule has 0 amide bonds. The van der Waals surface area contributed by atoms with Crippen molar-refractivity contribution in [2.45, 2.75) is 58.2 Å². The van der Waals surface area contributed by atoms with Crippen molar-refractivity contribution in [3.05, 3.63) is 0 Å². The number of nitrogens with one attached hydrogen (secondary N) is 1. The van der Waals surface area contributed by atoms with Gasteiger partial charge >= 0.3 is 0 Å². The van der Waals surface area contributed by atoms with Crippen LogP contribution in [0, 0.1) is 5.41 Å². The number of fused-ring (bicyclic) bond motifs is 1. The molecule has 15 heavy (non-hydrogen) atoms. The summed E-state index contributed by atoms with van der Waals surface area (Å²) in [5.74, 6) is 0.320. The monoisotopic (exact) mass is 211 g/mol. The molecule has 3 heteroatoms. The van der Waals surface area contributed by atoms with Crippen LogP contribution in [0.25, 0.3) is 0 Å². The highest BCUT2D eigenvalue weighted by Gasteiger charge is 2.41. The van der Waals surface area contributed by atoms with Crippen molar-refractivity contribution in [1.82, 2.24) is 5.32 Å². The Bertz CT molecular complexity index is 243. The summed E-state index contributed by atoms with van der Waals surface area (Å²) in [6.07, 6.45) is 3.40. The fourth-order valence-corrected chi connectivity index (χ4v) is 2.53. The molecule has 2 aliphatic heterocycles. The van der Waals surface area contributed by atoms with E-state index in [1.54, 1.807) is 0 Å². The average molecular weight is 211 g/mol. The van der Waals surface area contributed by atoms with Gasteiger partial charge < -0.3 is 10.1 Å². The zero-order chi connectivity index (χ0) is 11.1. The Hall–Kier alpha value is -0.410. The smallest absolute Gasteiger partial charge is 0.155 e. The fourth-order valence-electron chi connectivity index (χ4n) is 2.53. The normalized spacial score (nSPS) is 36.3. The minimum Gasteiger partial charge on any atom is -0.377 e. The van der Waals surface area contributed by atoms with E-state index in [0.717, 1.165) is 25.9 Å². The van der Waals surface area contributed by atoms with Gasteiger partial charge in [-0.1, -0.05) is 20.8 Å². The highest BCUT2D eigenvalue weighted by Crippen LogP contribution is 2.28. The van der Waals surface area contributed by atoms with Crippen LogP contribution in [-0.4, -0.2) is 30.6 Å². The molecule has 86 valence electrons. The highest BCUT2D eigenvalue weighted by atomic mass is 16.5. The number of ketones is 1. The van der Waals surface area contributed by atoms with E-state index in [0.29, 0.717) is 11.8 Å². The largest absolute Gasteiger partial charge is 0.377 e. The maximum atomic E-state index is 12.1. The lowest BCUT2D eigenvalue weighted by atomic mass is 9.86. The third-order valence-corrected chi connectivity index (χ3v) is 3.38. The van der Waals surface area contributed by atoms with Crippen LogP contribution in [0.1, 0.15) is 40.0 Å². The Labute approximate surface area is 91.6 Å².